The number of hydrogen-bond acceptors (Lipinski definition) is 2. The predicted molar refractivity (Wildman–Crippen MR) is 80.5 cm³/mol. The van der Waals surface area contributed by atoms with Crippen LogP contribution in [0.2, 0.25) is 0 Å². The summed E-state index contributed by atoms with van der Waals surface area (Å²) in [6.45, 7) is 0. The second-order valence-corrected chi connectivity index (χ2v) is 5.19. The summed E-state index contributed by atoms with van der Waals surface area (Å²) in [5.41, 5.74) is 6.17. The third-order valence-electron chi connectivity index (χ3n) is 4.03. The molecule has 0 unspecified atom stereocenters. The molecule has 1 amide bonds. The highest BCUT2D eigenvalue weighted by atomic mass is 16.2. The zero-order chi connectivity index (χ0) is 13.7. The average molecular weight is 262 g/mol. The molecule has 2 aromatic carbocycles. The SMILES string of the molecule is CN1C(=O)C(=C2Cc3ccccc3N2)c2ccccc21. The number of anilines is 2. The molecule has 2 heterocycles. The molecule has 3 heteroatoms. The van der Waals surface area contributed by atoms with Crippen LogP contribution in [0.15, 0.2) is 54.2 Å². The van der Waals surface area contributed by atoms with Crippen LogP contribution in [0.3, 0.4) is 0 Å². The molecule has 2 aliphatic heterocycles. The van der Waals surface area contributed by atoms with Crippen molar-refractivity contribution in [1.29, 1.82) is 0 Å². The van der Waals surface area contributed by atoms with E-state index in [0.717, 1.165) is 34.6 Å². The number of nitrogens with zero attached hydrogens (tertiary/aromatic N) is 1. The van der Waals surface area contributed by atoms with Gasteiger partial charge in [0.1, 0.15) is 0 Å². The molecule has 2 aliphatic rings. The summed E-state index contributed by atoms with van der Waals surface area (Å²) in [5.74, 6) is 0.0708. The maximum absolute atomic E-state index is 12.5. The number of hydrogen-bond donors (Lipinski definition) is 1. The molecule has 2 aromatic rings. The summed E-state index contributed by atoms with van der Waals surface area (Å²) in [4.78, 5) is 14.3. The lowest BCUT2D eigenvalue weighted by Gasteiger charge is -2.08. The molecule has 0 bridgehead atoms. The third-order valence-corrected chi connectivity index (χ3v) is 4.03. The highest BCUT2D eigenvalue weighted by molar-refractivity contribution is 6.33. The fraction of sp³-hybridized carbons (Fsp3) is 0.118. The number of nitrogens with one attached hydrogen (secondary N) is 1. The third kappa shape index (κ3) is 1.43. The zero-order valence-electron chi connectivity index (χ0n) is 11.2. The van der Waals surface area contributed by atoms with Gasteiger partial charge in [-0.2, -0.15) is 0 Å². The molecule has 0 saturated carbocycles. The number of allylic oxidation sites excluding steroid dienone is 1. The van der Waals surface area contributed by atoms with Gasteiger partial charge in [0.05, 0.1) is 11.3 Å². The number of amides is 1. The van der Waals surface area contributed by atoms with Crippen molar-refractivity contribution in [1.82, 2.24) is 0 Å². The quantitative estimate of drug-likeness (QED) is 0.740. The van der Waals surface area contributed by atoms with E-state index in [4.69, 9.17) is 0 Å². The van der Waals surface area contributed by atoms with Gasteiger partial charge in [-0.15, -0.1) is 0 Å². The second-order valence-electron chi connectivity index (χ2n) is 5.19. The van der Waals surface area contributed by atoms with E-state index in [9.17, 15) is 4.79 Å². The number of para-hydroxylation sites is 2. The van der Waals surface area contributed by atoms with Gasteiger partial charge in [0.2, 0.25) is 0 Å². The summed E-state index contributed by atoms with van der Waals surface area (Å²) in [6.07, 6.45) is 0.791. The Bertz CT molecular complexity index is 734. The van der Waals surface area contributed by atoms with Gasteiger partial charge in [-0.1, -0.05) is 36.4 Å². The number of carbonyl (C=O) groups is 1. The van der Waals surface area contributed by atoms with Crippen molar-refractivity contribution in [3.05, 3.63) is 65.4 Å². The van der Waals surface area contributed by atoms with Crippen molar-refractivity contribution in [3.8, 4) is 0 Å². The molecule has 0 saturated heterocycles. The van der Waals surface area contributed by atoms with Gasteiger partial charge >= 0.3 is 0 Å². The largest absolute Gasteiger partial charge is 0.358 e. The number of carbonyl (C=O) groups excluding carboxylic acids is 1. The van der Waals surface area contributed by atoms with Gasteiger partial charge in [-0.25, -0.2) is 0 Å². The molecule has 0 fully saturated rings. The summed E-state index contributed by atoms with van der Waals surface area (Å²) in [6, 6.07) is 16.1. The Morgan fingerprint density at radius 3 is 2.65 bits per heavy atom. The first-order valence-corrected chi connectivity index (χ1v) is 6.71. The predicted octanol–water partition coefficient (Wildman–Crippen LogP) is 3.04. The van der Waals surface area contributed by atoms with Crippen molar-refractivity contribution in [2.24, 2.45) is 0 Å². The number of likely N-dealkylation sites (N-methyl/N-ethyl adjacent to an activating group) is 1. The zero-order valence-corrected chi connectivity index (χ0v) is 11.2. The Hall–Kier alpha value is -2.55. The van der Waals surface area contributed by atoms with Crippen molar-refractivity contribution in [2.45, 2.75) is 6.42 Å². The van der Waals surface area contributed by atoms with Crippen molar-refractivity contribution in [2.75, 3.05) is 17.3 Å². The van der Waals surface area contributed by atoms with Crippen LogP contribution in [0.5, 0.6) is 0 Å². The lowest BCUT2D eigenvalue weighted by Crippen LogP contribution is -2.21. The monoisotopic (exact) mass is 262 g/mol. The maximum atomic E-state index is 12.5. The van der Waals surface area contributed by atoms with Gasteiger partial charge in [0.25, 0.3) is 5.91 Å². The molecule has 0 aromatic heterocycles. The fourth-order valence-corrected chi connectivity index (χ4v) is 3.01. The van der Waals surface area contributed by atoms with E-state index >= 15 is 0 Å². The molecule has 0 spiro atoms. The van der Waals surface area contributed by atoms with Crippen LogP contribution >= 0.6 is 0 Å². The van der Waals surface area contributed by atoms with E-state index in [1.807, 2.05) is 43.4 Å². The molecule has 1 N–H and O–H groups in total. The highest BCUT2D eigenvalue weighted by Crippen LogP contribution is 2.40. The summed E-state index contributed by atoms with van der Waals surface area (Å²) >= 11 is 0. The van der Waals surface area contributed by atoms with Gasteiger partial charge in [0, 0.05) is 30.4 Å². The molecule has 0 radical (unpaired) electrons. The van der Waals surface area contributed by atoms with E-state index in [-0.39, 0.29) is 5.91 Å². The van der Waals surface area contributed by atoms with E-state index in [1.165, 1.54) is 5.56 Å². The van der Waals surface area contributed by atoms with Gasteiger partial charge in [-0.05, 0) is 17.7 Å². The summed E-state index contributed by atoms with van der Waals surface area (Å²) < 4.78 is 0. The molecular formula is C17H14N2O. The highest BCUT2D eigenvalue weighted by Gasteiger charge is 2.33. The van der Waals surface area contributed by atoms with Gasteiger partial charge < -0.3 is 10.2 Å². The molecule has 98 valence electrons. The Labute approximate surface area is 117 Å². The summed E-state index contributed by atoms with van der Waals surface area (Å²) in [7, 11) is 1.83. The molecular weight excluding hydrogens is 248 g/mol. The smallest absolute Gasteiger partial charge is 0.260 e. The van der Waals surface area contributed by atoms with Crippen LogP contribution in [-0.4, -0.2) is 13.0 Å². The average Bonchev–Trinajstić information content (AvgIpc) is 3.00. The number of fused-ring (bicyclic) bond motifs is 2. The molecule has 4 rings (SSSR count). The maximum Gasteiger partial charge on any atom is 0.260 e. The normalized spacial score (nSPS) is 19.9. The Morgan fingerprint density at radius 2 is 1.80 bits per heavy atom. The van der Waals surface area contributed by atoms with Crippen LogP contribution in [-0.2, 0) is 11.2 Å². The first-order chi connectivity index (χ1) is 9.75. The minimum Gasteiger partial charge on any atom is -0.358 e. The number of rotatable bonds is 0. The van der Waals surface area contributed by atoms with Gasteiger partial charge in [0.15, 0.2) is 0 Å². The molecule has 20 heavy (non-hydrogen) atoms. The van der Waals surface area contributed by atoms with Crippen molar-refractivity contribution in [3.63, 3.8) is 0 Å². The molecule has 0 aliphatic carbocycles. The van der Waals surface area contributed by atoms with Crippen LogP contribution < -0.4 is 10.2 Å². The van der Waals surface area contributed by atoms with Crippen LogP contribution in [0.4, 0.5) is 11.4 Å². The minimum atomic E-state index is 0.0708. The first-order valence-electron chi connectivity index (χ1n) is 6.71. The first kappa shape index (κ1) is 11.3. The van der Waals surface area contributed by atoms with Crippen LogP contribution in [0.1, 0.15) is 11.1 Å². The van der Waals surface area contributed by atoms with Gasteiger partial charge in [-0.3, -0.25) is 4.79 Å². The Balaban J connectivity index is 1.88. The Morgan fingerprint density at radius 1 is 1.05 bits per heavy atom. The van der Waals surface area contributed by atoms with Crippen molar-refractivity contribution >= 4 is 22.9 Å². The van der Waals surface area contributed by atoms with Crippen molar-refractivity contribution < 1.29 is 4.79 Å². The van der Waals surface area contributed by atoms with E-state index in [2.05, 4.69) is 17.4 Å². The summed E-state index contributed by atoms with van der Waals surface area (Å²) in [5, 5.41) is 3.40. The van der Waals surface area contributed by atoms with E-state index in [0.29, 0.717) is 0 Å². The van der Waals surface area contributed by atoms with E-state index in [1.54, 1.807) is 4.90 Å². The minimum absolute atomic E-state index is 0.0708. The Kier molecular flexibility index (Phi) is 2.24. The second kappa shape index (κ2) is 3.97. The molecule has 0 atom stereocenters. The van der Waals surface area contributed by atoms with Crippen LogP contribution in [0, 0.1) is 0 Å². The standard InChI is InChI=1S/C17H14N2O/c1-19-15-9-5-3-7-12(15)16(17(19)20)14-10-11-6-2-4-8-13(11)18-14/h2-9,18H,10H2,1H3. The molecule has 3 nitrogen and oxygen atoms in total. The topological polar surface area (TPSA) is 32.3 Å². The number of benzene rings is 2. The lowest BCUT2D eigenvalue weighted by molar-refractivity contribution is -0.112. The van der Waals surface area contributed by atoms with E-state index < -0.39 is 0 Å². The fourth-order valence-electron chi connectivity index (χ4n) is 3.01. The van der Waals surface area contributed by atoms with Crippen LogP contribution in [0.25, 0.3) is 5.57 Å². The lowest BCUT2D eigenvalue weighted by atomic mass is 10.0.